The number of aromatic nitrogens is 2. The summed E-state index contributed by atoms with van der Waals surface area (Å²) in [5.41, 5.74) is 5.25. The highest BCUT2D eigenvalue weighted by molar-refractivity contribution is 7.98. The molecule has 0 saturated carbocycles. The Labute approximate surface area is 179 Å². The van der Waals surface area contributed by atoms with Gasteiger partial charge in [0.05, 0.1) is 10.6 Å². The summed E-state index contributed by atoms with van der Waals surface area (Å²) in [5, 5.41) is 0.295. The molecule has 0 aliphatic heterocycles. The van der Waals surface area contributed by atoms with E-state index in [9.17, 15) is 14.4 Å². The van der Waals surface area contributed by atoms with Crippen LogP contribution in [-0.4, -0.2) is 28.3 Å². The van der Waals surface area contributed by atoms with Crippen molar-refractivity contribution in [1.82, 2.24) is 9.55 Å². The second-order valence-corrected chi connectivity index (χ2v) is 7.94. The first kappa shape index (κ1) is 23.1. The van der Waals surface area contributed by atoms with Crippen molar-refractivity contribution in [3.8, 4) is 0 Å². The number of thioether (sulfide) groups is 1. The summed E-state index contributed by atoms with van der Waals surface area (Å²) in [7, 11) is 0. The second kappa shape index (κ2) is 10.5. The molecule has 2 aromatic rings. The van der Waals surface area contributed by atoms with Gasteiger partial charge in [-0.25, -0.2) is 4.79 Å². The number of H-pyrrole nitrogens is 1. The van der Waals surface area contributed by atoms with E-state index < -0.39 is 17.2 Å². The number of carbonyl (C=O) groups excluding carboxylic acids is 1. The van der Waals surface area contributed by atoms with E-state index in [4.69, 9.17) is 17.3 Å². The van der Waals surface area contributed by atoms with Crippen molar-refractivity contribution < 1.29 is 4.79 Å². The number of nitrogens with zero attached hydrogens (tertiary/aromatic N) is 2. The number of anilines is 2. The molecule has 7 nitrogen and oxygen atoms in total. The highest BCUT2D eigenvalue weighted by Gasteiger charge is 2.26. The van der Waals surface area contributed by atoms with Crippen LogP contribution >= 0.6 is 23.4 Å². The molecule has 0 radical (unpaired) electrons. The van der Waals surface area contributed by atoms with Crippen LogP contribution in [0.25, 0.3) is 0 Å². The van der Waals surface area contributed by atoms with E-state index in [1.165, 1.54) is 21.2 Å². The molecule has 29 heavy (non-hydrogen) atoms. The van der Waals surface area contributed by atoms with Gasteiger partial charge >= 0.3 is 5.69 Å². The van der Waals surface area contributed by atoms with Crippen LogP contribution in [0.3, 0.4) is 0 Å². The lowest BCUT2D eigenvalue weighted by Crippen LogP contribution is -2.41. The number of aromatic amines is 1. The van der Waals surface area contributed by atoms with Crippen molar-refractivity contribution in [2.24, 2.45) is 0 Å². The summed E-state index contributed by atoms with van der Waals surface area (Å²) in [4.78, 5) is 42.8. The van der Waals surface area contributed by atoms with Crippen LogP contribution in [-0.2, 0) is 6.54 Å². The molecule has 2 rings (SSSR count). The van der Waals surface area contributed by atoms with Crippen molar-refractivity contribution in [3.63, 3.8) is 0 Å². The van der Waals surface area contributed by atoms with Gasteiger partial charge in [-0.1, -0.05) is 38.3 Å². The van der Waals surface area contributed by atoms with Gasteiger partial charge in [0, 0.05) is 18.0 Å². The third-order valence-electron chi connectivity index (χ3n) is 4.60. The van der Waals surface area contributed by atoms with E-state index in [1.807, 2.05) is 26.2 Å². The number of halogens is 1. The van der Waals surface area contributed by atoms with Crippen molar-refractivity contribution in [2.45, 2.75) is 51.0 Å². The van der Waals surface area contributed by atoms with Crippen LogP contribution in [0.5, 0.6) is 0 Å². The highest BCUT2D eigenvalue weighted by Crippen LogP contribution is 2.27. The first-order valence-electron chi connectivity index (χ1n) is 9.63. The molecule has 0 aliphatic rings. The third-order valence-corrected chi connectivity index (χ3v) is 5.66. The molecule has 9 heteroatoms. The van der Waals surface area contributed by atoms with E-state index >= 15 is 0 Å². The van der Waals surface area contributed by atoms with E-state index in [0.717, 1.165) is 24.2 Å². The number of carbonyl (C=O) groups is 1. The summed E-state index contributed by atoms with van der Waals surface area (Å²) < 4.78 is 1.31. The molecule has 0 bridgehead atoms. The molecule has 0 unspecified atom stereocenters. The van der Waals surface area contributed by atoms with Gasteiger partial charge < -0.3 is 10.6 Å². The van der Waals surface area contributed by atoms with Crippen molar-refractivity contribution in [1.29, 1.82) is 0 Å². The topological polar surface area (TPSA) is 101 Å². The minimum absolute atomic E-state index is 0.00574. The van der Waals surface area contributed by atoms with E-state index in [-0.39, 0.29) is 18.1 Å². The predicted molar refractivity (Wildman–Crippen MR) is 120 cm³/mol. The number of hydrogen-bond donors (Lipinski definition) is 2. The van der Waals surface area contributed by atoms with Gasteiger partial charge in [-0.3, -0.25) is 19.1 Å². The van der Waals surface area contributed by atoms with E-state index in [0.29, 0.717) is 23.6 Å². The largest absolute Gasteiger partial charge is 0.383 e. The Kier molecular flexibility index (Phi) is 8.40. The molecule has 0 spiro atoms. The summed E-state index contributed by atoms with van der Waals surface area (Å²) in [5.74, 6) is -0.425. The van der Waals surface area contributed by atoms with Crippen molar-refractivity contribution in [3.05, 3.63) is 49.6 Å². The lowest BCUT2D eigenvalue weighted by molar-refractivity contribution is 0.0986. The maximum absolute atomic E-state index is 13.4. The molecule has 1 aromatic heterocycles. The number of hydrogen-bond acceptors (Lipinski definition) is 5. The van der Waals surface area contributed by atoms with Gasteiger partial charge in [-0.15, -0.1) is 11.8 Å². The molecule has 1 aromatic carbocycles. The van der Waals surface area contributed by atoms with Crippen LogP contribution in [0.1, 0.15) is 49.9 Å². The Bertz CT molecular complexity index is 987. The lowest BCUT2D eigenvalue weighted by atomic mass is 10.1. The Hall–Kier alpha value is -2.19. The van der Waals surface area contributed by atoms with Gasteiger partial charge in [0.25, 0.3) is 11.5 Å². The van der Waals surface area contributed by atoms with Crippen LogP contribution in [0.15, 0.2) is 32.7 Å². The van der Waals surface area contributed by atoms with E-state index in [1.54, 1.807) is 12.1 Å². The summed E-state index contributed by atoms with van der Waals surface area (Å²) in [6.07, 6.45) is 4.96. The molecular weight excluding hydrogens is 412 g/mol. The number of nitrogens with one attached hydrogen (secondary N) is 1. The van der Waals surface area contributed by atoms with Gasteiger partial charge in [0.15, 0.2) is 5.69 Å². The summed E-state index contributed by atoms with van der Waals surface area (Å²) in [6.45, 7) is 4.63. The lowest BCUT2D eigenvalue weighted by Gasteiger charge is -2.25. The van der Waals surface area contributed by atoms with E-state index in [2.05, 4.69) is 4.98 Å². The average Bonchev–Trinajstić information content (AvgIpc) is 2.70. The number of benzene rings is 1. The van der Waals surface area contributed by atoms with Gasteiger partial charge in [-0.05, 0) is 37.3 Å². The fourth-order valence-electron chi connectivity index (χ4n) is 2.95. The standard InChI is InChI=1S/C20H27ClN4O3S/c1-4-6-10-24(19(27)14-12-13(29-3)8-9-15(14)21)16-17(22)25(11-7-5-2)20(28)23-18(16)26/h8-9,12H,4-7,10-11,22H2,1-3H3,(H,23,26,28). The number of unbranched alkanes of at least 4 members (excludes halogenated alkanes) is 2. The predicted octanol–water partition coefficient (Wildman–Crippen LogP) is 3.74. The minimum Gasteiger partial charge on any atom is -0.383 e. The maximum Gasteiger partial charge on any atom is 0.330 e. The van der Waals surface area contributed by atoms with Crippen molar-refractivity contribution >= 4 is 40.8 Å². The van der Waals surface area contributed by atoms with Crippen LogP contribution in [0.4, 0.5) is 11.5 Å². The quantitative estimate of drug-likeness (QED) is 0.580. The molecule has 0 atom stereocenters. The fourth-order valence-corrected chi connectivity index (χ4v) is 3.59. The van der Waals surface area contributed by atoms with Crippen molar-refractivity contribution in [2.75, 3.05) is 23.4 Å². The van der Waals surface area contributed by atoms with Crippen LogP contribution in [0, 0.1) is 0 Å². The molecule has 0 aliphatic carbocycles. The number of amides is 1. The molecule has 1 amide bonds. The zero-order chi connectivity index (χ0) is 21.6. The molecule has 158 valence electrons. The molecule has 0 fully saturated rings. The number of nitrogens with two attached hydrogens (primary N) is 1. The second-order valence-electron chi connectivity index (χ2n) is 6.65. The van der Waals surface area contributed by atoms with Crippen LogP contribution < -0.4 is 21.9 Å². The first-order valence-corrected chi connectivity index (χ1v) is 11.2. The maximum atomic E-state index is 13.4. The smallest absolute Gasteiger partial charge is 0.330 e. The Morgan fingerprint density at radius 2 is 1.93 bits per heavy atom. The van der Waals surface area contributed by atoms with Crippen LogP contribution in [0.2, 0.25) is 5.02 Å². The highest BCUT2D eigenvalue weighted by atomic mass is 35.5. The molecule has 1 heterocycles. The molecular formula is C20H27ClN4O3S. The van der Waals surface area contributed by atoms with Gasteiger partial charge in [0.1, 0.15) is 5.82 Å². The zero-order valence-corrected chi connectivity index (χ0v) is 18.5. The summed E-state index contributed by atoms with van der Waals surface area (Å²) >= 11 is 7.78. The third kappa shape index (κ3) is 5.25. The first-order chi connectivity index (χ1) is 13.8. The average molecular weight is 439 g/mol. The normalized spacial score (nSPS) is 10.9. The molecule has 0 saturated heterocycles. The Morgan fingerprint density at radius 1 is 1.24 bits per heavy atom. The minimum atomic E-state index is -0.679. The van der Waals surface area contributed by atoms with Gasteiger partial charge in [0.2, 0.25) is 0 Å². The Balaban J connectivity index is 2.63. The monoisotopic (exact) mass is 438 g/mol. The number of rotatable bonds is 9. The SMILES string of the molecule is CCCCN(C(=O)c1cc(SC)ccc1Cl)c1c(N)n(CCCC)c(=O)[nH]c1=O. The van der Waals surface area contributed by atoms with Gasteiger partial charge in [-0.2, -0.15) is 0 Å². The molecule has 3 N–H and O–H groups in total. The Morgan fingerprint density at radius 3 is 2.55 bits per heavy atom. The number of nitrogen functional groups attached to an aromatic ring is 1. The fraction of sp³-hybridized carbons (Fsp3) is 0.450. The summed E-state index contributed by atoms with van der Waals surface area (Å²) in [6, 6.07) is 5.19. The zero-order valence-electron chi connectivity index (χ0n) is 17.0.